The zero-order chi connectivity index (χ0) is 14.2. The Morgan fingerprint density at radius 3 is 2.65 bits per heavy atom. The molecule has 1 N–H and O–H groups in total. The fraction of sp³-hybridized carbons (Fsp3) is 0.375. The molecule has 1 heterocycles. The van der Waals surface area contributed by atoms with Crippen LogP contribution in [0.5, 0.6) is 0 Å². The molecule has 20 heavy (non-hydrogen) atoms. The van der Waals surface area contributed by atoms with Gasteiger partial charge in [0, 0.05) is 25.0 Å². The number of benzene rings is 1. The van der Waals surface area contributed by atoms with Crippen molar-refractivity contribution >= 4 is 17.4 Å². The molecule has 0 amide bonds. The number of carboxylic acids is 1. The summed E-state index contributed by atoms with van der Waals surface area (Å²) in [5, 5.41) is 8.77. The number of halogens is 1. The molecule has 0 saturated heterocycles. The maximum Gasteiger partial charge on any atom is 0.303 e. The molecule has 0 atom stereocenters. The summed E-state index contributed by atoms with van der Waals surface area (Å²) < 4.78 is 2.11. The highest BCUT2D eigenvalue weighted by molar-refractivity contribution is 5.93. The van der Waals surface area contributed by atoms with Crippen molar-refractivity contribution in [1.82, 2.24) is 0 Å². The number of aliphatic carboxylic acids is 1. The van der Waals surface area contributed by atoms with Crippen molar-refractivity contribution in [2.45, 2.75) is 39.0 Å². The molecule has 1 aromatic carbocycles. The molecule has 0 bridgehead atoms. The minimum Gasteiger partial charge on any atom is -1.00 e. The molecule has 3 nitrogen and oxygen atoms in total. The van der Waals surface area contributed by atoms with Crippen LogP contribution in [0, 0.1) is 0 Å². The smallest absolute Gasteiger partial charge is 0.303 e. The minimum atomic E-state index is -0.754. The Bertz CT molecular complexity index is 588. The van der Waals surface area contributed by atoms with Crippen LogP contribution in [0.4, 0.5) is 5.69 Å². The van der Waals surface area contributed by atoms with E-state index in [0.717, 1.165) is 11.3 Å². The standard InChI is InChI=1S/C16H19NO2.HI/c1-5-17-11(2)16(3,4)13-10-12(6-8-14(13)17)7-9-15(18)19;/h5-6,8,10H,1,7,9H2,2-4H3;1H. The van der Waals surface area contributed by atoms with Gasteiger partial charge in [-0.15, -0.1) is 0 Å². The molecule has 0 radical (unpaired) electrons. The molecule has 0 aromatic heterocycles. The Morgan fingerprint density at radius 1 is 1.45 bits per heavy atom. The van der Waals surface area contributed by atoms with Crippen LogP contribution in [-0.2, 0) is 16.6 Å². The predicted octanol–water partition coefficient (Wildman–Crippen LogP) is 0.247. The third-order valence-electron chi connectivity index (χ3n) is 4.07. The predicted molar refractivity (Wildman–Crippen MR) is 76.2 cm³/mol. The van der Waals surface area contributed by atoms with Crippen molar-refractivity contribution in [3.63, 3.8) is 0 Å². The van der Waals surface area contributed by atoms with Gasteiger partial charge in [-0.2, -0.15) is 4.58 Å². The van der Waals surface area contributed by atoms with E-state index in [-0.39, 0.29) is 35.8 Å². The van der Waals surface area contributed by atoms with E-state index in [1.165, 1.54) is 11.3 Å². The average molecular weight is 385 g/mol. The summed E-state index contributed by atoms with van der Waals surface area (Å²) >= 11 is 0. The second kappa shape index (κ2) is 6.08. The van der Waals surface area contributed by atoms with E-state index in [1.54, 1.807) is 0 Å². The Labute approximate surface area is 137 Å². The highest BCUT2D eigenvalue weighted by Crippen LogP contribution is 2.40. The van der Waals surface area contributed by atoms with Gasteiger partial charge in [-0.05, 0) is 38.5 Å². The zero-order valence-corrected chi connectivity index (χ0v) is 14.3. The first-order chi connectivity index (χ1) is 8.87. The van der Waals surface area contributed by atoms with E-state index in [9.17, 15) is 4.79 Å². The van der Waals surface area contributed by atoms with Crippen LogP contribution in [0.2, 0.25) is 0 Å². The normalized spacial score (nSPS) is 15.6. The van der Waals surface area contributed by atoms with Crippen LogP contribution < -0.4 is 24.0 Å². The lowest BCUT2D eigenvalue weighted by atomic mass is 9.81. The first kappa shape index (κ1) is 16.9. The van der Waals surface area contributed by atoms with Crippen LogP contribution >= 0.6 is 0 Å². The first-order valence-corrected chi connectivity index (χ1v) is 6.49. The van der Waals surface area contributed by atoms with Gasteiger partial charge < -0.3 is 29.1 Å². The lowest BCUT2D eigenvalue weighted by molar-refractivity contribution is -0.357. The Morgan fingerprint density at radius 2 is 2.10 bits per heavy atom. The maximum atomic E-state index is 10.7. The summed E-state index contributed by atoms with van der Waals surface area (Å²) in [7, 11) is 0. The topological polar surface area (TPSA) is 40.3 Å². The zero-order valence-electron chi connectivity index (χ0n) is 12.1. The third kappa shape index (κ3) is 2.80. The molecule has 108 valence electrons. The Kier molecular flexibility index (Phi) is 5.13. The molecule has 1 aliphatic rings. The van der Waals surface area contributed by atoms with Gasteiger partial charge in [0.1, 0.15) is 0 Å². The van der Waals surface area contributed by atoms with Gasteiger partial charge in [-0.3, -0.25) is 4.79 Å². The molecular weight excluding hydrogens is 365 g/mol. The van der Waals surface area contributed by atoms with E-state index in [4.69, 9.17) is 5.11 Å². The highest BCUT2D eigenvalue weighted by atomic mass is 127. The molecule has 1 aliphatic heterocycles. The summed E-state index contributed by atoms with van der Waals surface area (Å²) in [6.07, 6.45) is 2.58. The van der Waals surface area contributed by atoms with Crippen molar-refractivity contribution in [3.05, 3.63) is 42.1 Å². The molecule has 4 heteroatoms. The molecule has 0 aliphatic carbocycles. The van der Waals surface area contributed by atoms with Gasteiger partial charge in [0.15, 0.2) is 11.9 Å². The van der Waals surface area contributed by atoms with Gasteiger partial charge in [-0.25, -0.2) is 0 Å². The third-order valence-corrected chi connectivity index (χ3v) is 4.07. The second-order valence-electron chi connectivity index (χ2n) is 5.51. The van der Waals surface area contributed by atoms with Gasteiger partial charge in [0.05, 0.1) is 5.41 Å². The number of nitrogens with zero attached hydrogens (tertiary/aromatic N) is 1. The van der Waals surface area contributed by atoms with Crippen LogP contribution in [-0.4, -0.2) is 21.4 Å². The molecular formula is C16H20INO2. The number of hydrogen-bond donors (Lipinski definition) is 1. The lowest BCUT2D eigenvalue weighted by Crippen LogP contribution is -3.00. The first-order valence-electron chi connectivity index (χ1n) is 6.49. The van der Waals surface area contributed by atoms with E-state index in [2.05, 4.69) is 44.1 Å². The Hall–Kier alpha value is -1.17. The fourth-order valence-electron chi connectivity index (χ4n) is 2.61. The van der Waals surface area contributed by atoms with Crippen molar-refractivity contribution in [1.29, 1.82) is 0 Å². The summed E-state index contributed by atoms with van der Waals surface area (Å²) in [4.78, 5) is 10.7. The number of hydrogen-bond acceptors (Lipinski definition) is 1. The summed E-state index contributed by atoms with van der Waals surface area (Å²) in [6.45, 7) is 10.3. The van der Waals surface area contributed by atoms with Crippen LogP contribution in [0.15, 0.2) is 31.0 Å². The molecule has 2 rings (SSSR count). The van der Waals surface area contributed by atoms with Gasteiger partial charge in [0.2, 0.25) is 5.69 Å². The van der Waals surface area contributed by atoms with E-state index in [0.29, 0.717) is 6.42 Å². The quantitative estimate of drug-likeness (QED) is 0.597. The van der Waals surface area contributed by atoms with Crippen molar-refractivity contribution in [2.24, 2.45) is 0 Å². The Balaban J connectivity index is 0.00000200. The van der Waals surface area contributed by atoms with Crippen LogP contribution in [0.3, 0.4) is 0 Å². The van der Waals surface area contributed by atoms with Gasteiger partial charge in [0.25, 0.3) is 0 Å². The SMILES string of the molecule is C=C[N+]1=C(C)C(C)(C)c2cc(CCC(=O)O)ccc21.[I-]. The number of rotatable bonds is 4. The molecule has 0 spiro atoms. The van der Waals surface area contributed by atoms with E-state index >= 15 is 0 Å². The van der Waals surface area contributed by atoms with Crippen molar-refractivity contribution in [3.8, 4) is 0 Å². The number of carboxylic acid groups (broad SMARTS) is 1. The van der Waals surface area contributed by atoms with Gasteiger partial charge >= 0.3 is 5.97 Å². The lowest BCUT2D eigenvalue weighted by Gasteiger charge is -2.15. The average Bonchev–Trinajstić information content (AvgIpc) is 2.55. The largest absolute Gasteiger partial charge is 1.00 e. The van der Waals surface area contributed by atoms with Crippen molar-refractivity contribution < 1.29 is 38.5 Å². The summed E-state index contributed by atoms with van der Waals surface area (Å²) in [5.74, 6) is -0.754. The molecule has 1 aromatic rings. The minimum absolute atomic E-state index is 0. The highest BCUT2D eigenvalue weighted by Gasteiger charge is 2.42. The van der Waals surface area contributed by atoms with E-state index in [1.807, 2.05) is 12.3 Å². The maximum absolute atomic E-state index is 10.7. The summed E-state index contributed by atoms with van der Waals surface area (Å²) in [5.41, 5.74) is 4.67. The molecule has 0 saturated carbocycles. The number of carbonyl (C=O) groups is 1. The van der Waals surface area contributed by atoms with Crippen LogP contribution in [0.25, 0.3) is 0 Å². The summed E-state index contributed by atoms with van der Waals surface area (Å²) in [6, 6.07) is 6.20. The van der Waals surface area contributed by atoms with Crippen LogP contribution in [0.1, 0.15) is 38.3 Å². The second-order valence-corrected chi connectivity index (χ2v) is 5.51. The number of aryl methyl sites for hydroxylation is 1. The molecule has 0 unspecified atom stereocenters. The van der Waals surface area contributed by atoms with Gasteiger partial charge in [-0.1, -0.05) is 6.07 Å². The fourth-order valence-corrected chi connectivity index (χ4v) is 2.61. The van der Waals surface area contributed by atoms with Crippen molar-refractivity contribution in [2.75, 3.05) is 0 Å². The number of fused-ring (bicyclic) bond motifs is 1. The molecule has 0 fully saturated rings. The monoisotopic (exact) mass is 385 g/mol. The van der Waals surface area contributed by atoms with E-state index < -0.39 is 5.97 Å².